The topological polar surface area (TPSA) is 125 Å². The summed E-state index contributed by atoms with van der Waals surface area (Å²) in [6, 6.07) is 5.15. The summed E-state index contributed by atoms with van der Waals surface area (Å²) in [4.78, 5) is 34.9. The van der Waals surface area contributed by atoms with Crippen LogP contribution in [0.4, 0.5) is 4.39 Å². The van der Waals surface area contributed by atoms with Crippen molar-refractivity contribution in [2.75, 3.05) is 13.1 Å². The van der Waals surface area contributed by atoms with Crippen LogP contribution in [0.25, 0.3) is 0 Å². The molecule has 28 heavy (non-hydrogen) atoms. The molecule has 3 rings (SSSR count). The van der Waals surface area contributed by atoms with Crippen molar-refractivity contribution >= 4 is 27.7 Å². The molecule has 1 saturated carbocycles. The highest BCUT2D eigenvalue weighted by molar-refractivity contribution is 7.89. The van der Waals surface area contributed by atoms with Crippen LogP contribution in [0, 0.1) is 11.7 Å². The maximum Gasteiger partial charge on any atom is 0.327 e. The van der Waals surface area contributed by atoms with Gasteiger partial charge in [-0.15, -0.1) is 0 Å². The quantitative estimate of drug-likeness (QED) is 0.461. The second kappa shape index (κ2) is 8.23. The molecule has 11 heteroatoms. The number of carbonyl (C=O) groups excluding carboxylic acids is 3. The zero-order valence-electron chi connectivity index (χ0n) is 15.0. The average molecular weight is 412 g/mol. The van der Waals surface area contributed by atoms with E-state index in [1.165, 1.54) is 18.2 Å². The van der Waals surface area contributed by atoms with Gasteiger partial charge >= 0.3 is 11.8 Å². The summed E-state index contributed by atoms with van der Waals surface area (Å²) >= 11 is 0. The molecule has 2 aliphatic rings. The summed E-state index contributed by atoms with van der Waals surface area (Å²) in [5, 5.41) is 2.49. The fraction of sp³-hybridized carbons (Fsp3) is 0.471. The van der Waals surface area contributed by atoms with Gasteiger partial charge < -0.3 is 5.32 Å². The minimum atomic E-state index is -3.98. The zero-order chi connectivity index (χ0) is 20.3. The number of nitrogens with zero attached hydrogens (tertiary/aromatic N) is 1. The van der Waals surface area contributed by atoms with E-state index in [0.717, 1.165) is 23.2 Å². The second-order valence-corrected chi connectivity index (χ2v) is 8.71. The standard InChI is InChI=1S/C17H21FN4O5S/c18-13-3-1-2-4-14(13)28(26,27)22-9-7-11(8-10-22)15(23)20-21-17(25)16(24)19-12-5-6-12/h1-4,11-12H,5-10H2,(H,19,24)(H,20,23)(H,21,25). The maximum atomic E-state index is 13.8. The minimum Gasteiger partial charge on any atom is -0.345 e. The van der Waals surface area contributed by atoms with Crippen molar-refractivity contribution in [1.29, 1.82) is 0 Å². The third-order valence-electron chi connectivity index (χ3n) is 4.70. The molecule has 0 radical (unpaired) electrons. The van der Waals surface area contributed by atoms with E-state index < -0.39 is 44.4 Å². The van der Waals surface area contributed by atoms with E-state index in [1.807, 2.05) is 0 Å². The van der Waals surface area contributed by atoms with Crippen LogP contribution in [-0.2, 0) is 24.4 Å². The Balaban J connectivity index is 1.49. The van der Waals surface area contributed by atoms with E-state index in [1.54, 1.807) is 0 Å². The first-order valence-corrected chi connectivity index (χ1v) is 10.4. The van der Waals surface area contributed by atoms with Gasteiger partial charge in [-0.25, -0.2) is 12.8 Å². The molecular weight excluding hydrogens is 391 g/mol. The van der Waals surface area contributed by atoms with Crippen LogP contribution in [0.5, 0.6) is 0 Å². The number of halogens is 1. The number of rotatable bonds is 4. The SMILES string of the molecule is O=C(NNC(=O)C1CCN(S(=O)(=O)c2ccccc2F)CC1)C(=O)NC1CC1. The van der Waals surface area contributed by atoms with Gasteiger partial charge in [0.2, 0.25) is 15.9 Å². The zero-order valence-corrected chi connectivity index (χ0v) is 15.8. The number of benzene rings is 1. The number of hydrogen-bond acceptors (Lipinski definition) is 5. The van der Waals surface area contributed by atoms with Crippen LogP contribution in [0.2, 0.25) is 0 Å². The normalized spacial score (nSPS) is 18.3. The van der Waals surface area contributed by atoms with Crippen LogP contribution in [0.1, 0.15) is 25.7 Å². The molecule has 0 spiro atoms. The lowest BCUT2D eigenvalue weighted by atomic mass is 9.98. The van der Waals surface area contributed by atoms with Crippen molar-refractivity contribution in [2.24, 2.45) is 5.92 Å². The molecule has 3 N–H and O–H groups in total. The highest BCUT2D eigenvalue weighted by atomic mass is 32.2. The summed E-state index contributed by atoms with van der Waals surface area (Å²) in [5.41, 5.74) is 4.25. The van der Waals surface area contributed by atoms with Crippen molar-refractivity contribution < 1.29 is 27.2 Å². The number of carbonyl (C=O) groups is 3. The third kappa shape index (κ3) is 4.65. The lowest BCUT2D eigenvalue weighted by Crippen LogP contribution is -2.51. The number of hydrogen-bond donors (Lipinski definition) is 3. The number of amides is 3. The maximum absolute atomic E-state index is 13.8. The van der Waals surface area contributed by atoms with Crippen LogP contribution in [-0.4, -0.2) is 49.6 Å². The number of piperidine rings is 1. The minimum absolute atomic E-state index is 0.0229. The highest BCUT2D eigenvalue weighted by Crippen LogP contribution is 2.25. The van der Waals surface area contributed by atoms with Crippen LogP contribution in [0.15, 0.2) is 29.2 Å². The van der Waals surface area contributed by atoms with E-state index in [-0.39, 0.29) is 32.0 Å². The first-order chi connectivity index (χ1) is 13.3. The van der Waals surface area contributed by atoms with E-state index >= 15 is 0 Å². The second-order valence-electron chi connectivity index (χ2n) is 6.80. The van der Waals surface area contributed by atoms with Crippen LogP contribution >= 0.6 is 0 Å². The molecule has 0 unspecified atom stereocenters. The van der Waals surface area contributed by atoms with Gasteiger partial charge in [-0.2, -0.15) is 4.31 Å². The van der Waals surface area contributed by atoms with Gasteiger partial charge in [-0.3, -0.25) is 25.2 Å². The van der Waals surface area contributed by atoms with E-state index in [9.17, 15) is 27.2 Å². The molecular formula is C17H21FN4O5S. The Labute approximate surface area is 161 Å². The Morgan fingerprint density at radius 3 is 2.21 bits per heavy atom. The first kappa shape index (κ1) is 20.2. The molecule has 1 saturated heterocycles. The summed E-state index contributed by atoms with van der Waals surface area (Å²) < 4.78 is 40.1. The van der Waals surface area contributed by atoms with Crippen molar-refractivity contribution in [2.45, 2.75) is 36.6 Å². The molecule has 152 valence electrons. The van der Waals surface area contributed by atoms with Gasteiger partial charge in [0.25, 0.3) is 0 Å². The molecule has 1 aliphatic carbocycles. The Bertz CT molecular complexity index is 879. The lowest BCUT2D eigenvalue weighted by Gasteiger charge is -2.30. The van der Waals surface area contributed by atoms with Gasteiger partial charge in [0, 0.05) is 25.0 Å². The highest BCUT2D eigenvalue weighted by Gasteiger charge is 2.34. The molecule has 9 nitrogen and oxygen atoms in total. The number of sulfonamides is 1. The molecule has 2 fully saturated rings. The summed E-state index contributed by atoms with van der Waals surface area (Å²) in [7, 11) is -3.98. The van der Waals surface area contributed by atoms with Gasteiger partial charge in [-0.05, 0) is 37.8 Å². The molecule has 0 aromatic heterocycles. The third-order valence-corrected chi connectivity index (χ3v) is 6.63. The fourth-order valence-corrected chi connectivity index (χ4v) is 4.44. The van der Waals surface area contributed by atoms with Crippen molar-refractivity contribution in [3.05, 3.63) is 30.1 Å². The predicted octanol–water partition coefficient (Wildman–Crippen LogP) is -0.348. The van der Waals surface area contributed by atoms with Gasteiger partial charge in [0.05, 0.1) is 0 Å². The van der Waals surface area contributed by atoms with Crippen molar-refractivity contribution in [1.82, 2.24) is 20.5 Å². The molecule has 0 atom stereocenters. The Kier molecular flexibility index (Phi) is 5.94. The summed E-state index contributed by atoms with van der Waals surface area (Å²) in [6.45, 7) is 0.0930. The lowest BCUT2D eigenvalue weighted by molar-refractivity contribution is -0.141. The molecule has 3 amide bonds. The van der Waals surface area contributed by atoms with Gasteiger partial charge in [0.1, 0.15) is 10.7 Å². The van der Waals surface area contributed by atoms with Gasteiger partial charge in [0.15, 0.2) is 0 Å². The Hall–Kier alpha value is -2.53. The van der Waals surface area contributed by atoms with Crippen molar-refractivity contribution in [3.63, 3.8) is 0 Å². The first-order valence-electron chi connectivity index (χ1n) is 8.94. The molecule has 1 aromatic carbocycles. The molecule has 1 heterocycles. The summed E-state index contributed by atoms with van der Waals surface area (Å²) in [5.74, 6) is -3.63. The monoisotopic (exact) mass is 412 g/mol. The van der Waals surface area contributed by atoms with Crippen LogP contribution < -0.4 is 16.2 Å². The van der Waals surface area contributed by atoms with E-state index in [2.05, 4.69) is 16.2 Å². The Morgan fingerprint density at radius 1 is 0.964 bits per heavy atom. The Morgan fingerprint density at radius 2 is 1.61 bits per heavy atom. The fourth-order valence-electron chi connectivity index (χ4n) is 2.91. The summed E-state index contributed by atoms with van der Waals surface area (Å²) in [6.07, 6.45) is 2.09. The number of nitrogens with one attached hydrogen (secondary N) is 3. The average Bonchev–Trinajstić information content (AvgIpc) is 3.50. The molecule has 1 aromatic rings. The van der Waals surface area contributed by atoms with Crippen LogP contribution in [0.3, 0.4) is 0 Å². The molecule has 1 aliphatic heterocycles. The molecule has 0 bridgehead atoms. The predicted molar refractivity (Wildman–Crippen MR) is 95.3 cm³/mol. The number of hydrazine groups is 1. The van der Waals surface area contributed by atoms with E-state index in [0.29, 0.717) is 0 Å². The van der Waals surface area contributed by atoms with Crippen molar-refractivity contribution in [3.8, 4) is 0 Å². The smallest absolute Gasteiger partial charge is 0.327 e. The van der Waals surface area contributed by atoms with E-state index in [4.69, 9.17) is 0 Å². The largest absolute Gasteiger partial charge is 0.345 e. The van der Waals surface area contributed by atoms with Gasteiger partial charge in [-0.1, -0.05) is 12.1 Å².